The zero-order valence-electron chi connectivity index (χ0n) is 34.1. The summed E-state index contributed by atoms with van der Waals surface area (Å²) < 4.78 is 6.87. The van der Waals surface area contributed by atoms with Gasteiger partial charge in [-0.3, -0.25) is 4.79 Å². The minimum atomic E-state index is -2.05. The van der Waals surface area contributed by atoms with Crippen LogP contribution in [0.2, 0.25) is 0 Å². The van der Waals surface area contributed by atoms with Gasteiger partial charge in [0.15, 0.2) is 5.01 Å². The second-order valence-electron chi connectivity index (χ2n) is 14.6. The molecule has 7 aromatic carbocycles. The lowest BCUT2D eigenvalue weighted by atomic mass is 10.1. The van der Waals surface area contributed by atoms with E-state index in [0.29, 0.717) is 35.6 Å². The Labute approximate surface area is 368 Å². The van der Waals surface area contributed by atoms with Crippen molar-refractivity contribution in [3.8, 4) is 6.07 Å². The van der Waals surface area contributed by atoms with Crippen molar-refractivity contribution in [2.24, 2.45) is 0 Å². The molecule has 0 atom stereocenters. The van der Waals surface area contributed by atoms with Crippen molar-refractivity contribution in [3.05, 3.63) is 204 Å². The van der Waals surface area contributed by atoms with E-state index >= 15 is 0 Å². The normalized spacial score (nSPS) is 11.2. The maximum Gasteiger partial charge on any atom is 0.338 e. The third-order valence-electron chi connectivity index (χ3n) is 10.7. The monoisotopic (exact) mass is 867 g/mol. The molecule has 62 heavy (non-hydrogen) atoms. The van der Waals surface area contributed by atoms with Crippen LogP contribution in [0.15, 0.2) is 188 Å². The number of aromatic nitrogens is 1. The van der Waals surface area contributed by atoms with Crippen LogP contribution >= 0.6 is 26.5 Å². The number of thiazole rings is 1. The molecular formula is C52H45N4O3P2S+. The van der Waals surface area contributed by atoms with Gasteiger partial charge in [0.1, 0.15) is 29.2 Å². The number of amides is 1. The molecule has 0 saturated heterocycles. The molecule has 10 heteroatoms. The molecule has 0 fully saturated rings. The average Bonchev–Trinajstić information content (AvgIpc) is 3.76. The molecular weight excluding hydrogens is 823 g/mol. The Morgan fingerprint density at radius 3 is 1.79 bits per heavy atom. The summed E-state index contributed by atoms with van der Waals surface area (Å²) in [5, 5.41) is 23.1. The molecule has 306 valence electrons. The van der Waals surface area contributed by atoms with Gasteiger partial charge in [0, 0.05) is 29.6 Å². The summed E-state index contributed by atoms with van der Waals surface area (Å²) in [5.41, 5.74) is 2.65. The van der Waals surface area contributed by atoms with Crippen LogP contribution in [-0.2, 0) is 4.74 Å². The summed E-state index contributed by atoms with van der Waals surface area (Å²) in [7, 11) is -3.28. The third kappa shape index (κ3) is 9.68. The van der Waals surface area contributed by atoms with Crippen molar-refractivity contribution in [2.45, 2.75) is 12.8 Å². The van der Waals surface area contributed by atoms with Crippen LogP contribution in [0.1, 0.15) is 38.6 Å². The van der Waals surface area contributed by atoms with Crippen LogP contribution in [0, 0.1) is 11.3 Å². The maximum atomic E-state index is 14.1. The van der Waals surface area contributed by atoms with E-state index in [2.05, 4.69) is 137 Å². The maximum absolute atomic E-state index is 14.1. The molecule has 0 aliphatic carbocycles. The quantitative estimate of drug-likeness (QED) is 0.0540. The zero-order valence-corrected chi connectivity index (χ0v) is 36.7. The van der Waals surface area contributed by atoms with E-state index < -0.39 is 21.2 Å². The van der Waals surface area contributed by atoms with E-state index in [4.69, 9.17) is 4.74 Å². The average molecular weight is 868 g/mol. The highest BCUT2D eigenvalue weighted by Crippen LogP contribution is 2.55. The number of esters is 1. The number of hydrogen-bond acceptors (Lipinski definition) is 7. The van der Waals surface area contributed by atoms with Crippen LogP contribution < -0.4 is 42.5 Å². The molecule has 1 heterocycles. The first-order valence-electron chi connectivity index (χ1n) is 20.6. The van der Waals surface area contributed by atoms with Crippen LogP contribution in [0.4, 0.5) is 5.69 Å². The summed E-state index contributed by atoms with van der Waals surface area (Å²) in [6.07, 6.45) is 2.24. The molecule has 0 aliphatic heterocycles. The van der Waals surface area contributed by atoms with Crippen molar-refractivity contribution >= 4 is 86.1 Å². The molecule has 0 unspecified atom stereocenters. The lowest BCUT2D eigenvalue weighted by Gasteiger charge is -2.27. The second kappa shape index (κ2) is 20.4. The van der Waals surface area contributed by atoms with Gasteiger partial charge in [0.25, 0.3) is 5.91 Å². The Morgan fingerprint density at radius 1 is 0.661 bits per heavy atom. The Kier molecular flexibility index (Phi) is 13.9. The first kappa shape index (κ1) is 42.2. The number of nitrogens with zero attached hydrogens (tertiary/aromatic N) is 2. The van der Waals surface area contributed by atoms with Crippen LogP contribution in [-0.4, -0.2) is 42.7 Å². The van der Waals surface area contributed by atoms with Gasteiger partial charge in [-0.1, -0.05) is 115 Å². The van der Waals surface area contributed by atoms with E-state index in [1.165, 1.54) is 27.3 Å². The topological polar surface area (TPSA) is 104 Å². The molecule has 7 nitrogen and oxygen atoms in total. The number of nitriles is 1. The lowest BCUT2D eigenvalue weighted by Crippen LogP contribution is -2.35. The van der Waals surface area contributed by atoms with Crippen LogP contribution in [0.25, 0.3) is 10.2 Å². The standard InChI is InChI=1S/C52H44N4O3P2S/c53-38-50-56-47-31-29-40(37-49(47)62-50)54-32-16-34-59-52(58)46-30-28-39(36-48(46)60(41-18-6-1-7-19-41)42-20-8-2-9-21-42)51(57)55-33-17-35-61(43-22-10-3-11-23-43,44-24-12-4-13-25-44)45-26-14-5-15-27-45/h1-15,18-31,36-37,54H,16-17,32-35H2/p+1. The lowest BCUT2D eigenvalue weighted by molar-refractivity contribution is 0.0505. The summed E-state index contributed by atoms with van der Waals surface area (Å²) in [4.78, 5) is 32.4. The second-order valence-corrected chi connectivity index (χ2v) is 21.4. The smallest absolute Gasteiger partial charge is 0.338 e. The fourth-order valence-electron chi connectivity index (χ4n) is 7.74. The van der Waals surface area contributed by atoms with Gasteiger partial charge in [-0.05, 0) is 104 Å². The predicted octanol–water partition coefficient (Wildman–Crippen LogP) is 8.70. The van der Waals surface area contributed by atoms with Gasteiger partial charge < -0.3 is 15.4 Å². The highest BCUT2D eigenvalue weighted by molar-refractivity contribution is 7.95. The van der Waals surface area contributed by atoms with Crippen LogP contribution in [0.5, 0.6) is 0 Å². The molecule has 2 N–H and O–H groups in total. The molecule has 0 saturated carbocycles. The molecule has 0 spiro atoms. The van der Waals surface area contributed by atoms with Gasteiger partial charge in [-0.2, -0.15) is 5.26 Å². The van der Waals surface area contributed by atoms with Gasteiger partial charge in [-0.25, -0.2) is 9.78 Å². The van der Waals surface area contributed by atoms with Gasteiger partial charge in [0.2, 0.25) is 0 Å². The zero-order chi connectivity index (χ0) is 42.6. The van der Waals surface area contributed by atoms with E-state index in [-0.39, 0.29) is 12.5 Å². The molecule has 0 aliphatic rings. The van der Waals surface area contributed by atoms with Gasteiger partial charge in [-0.15, -0.1) is 11.3 Å². The molecule has 8 rings (SSSR count). The Hall–Kier alpha value is -6.48. The first-order chi connectivity index (χ1) is 30.5. The fourth-order valence-corrected chi connectivity index (χ4v) is 15.4. The van der Waals surface area contributed by atoms with Gasteiger partial charge >= 0.3 is 5.97 Å². The number of ether oxygens (including phenoxy) is 1. The molecule has 0 radical (unpaired) electrons. The number of rotatable bonds is 17. The number of fused-ring (bicyclic) bond motifs is 1. The van der Waals surface area contributed by atoms with E-state index in [1.54, 1.807) is 12.1 Å². The van der Waals surface area contributed by atoms with Crippen molar-refractivity contribution in [3.63, 3.8) is 0 Å². The number of carbonyl (C=O) groups is 2. The van der Waals surface area contributed by atoms with Crippen molar-refractivity contribution in [2.75, 3.05) is 31.2 Å². The Bertz CT molecular complexity index is 2650. The van der Waals surface area contributed by atoms with E-state index in [9.17, 15) is 14.9 Å². The Morgan fingerprint density at radius 2 is 1.23 bits per heavy atom. The summed E-state index contributed by atoms with van der Waals surface area (Å²) in [6.45, 7) is 1.29. The first-order valence-corrected chi connectivity index (χ1v) is 24.8. The number of carbonyl (C=O) groups excluding carboxylic acids is 2. The van der Waals surface area contributed by atoms with Gasteiger partial charge in [0.05, 0.1) is 28.5 Å². The SMILES string of the molecule is N#Cc1nc2ccc(NCCCOC(=O)c3ccc(C(=O)NCCC[P+](c4ccccc4)(c4ccccc4)c4ccccc4)cc3P(c3ccccc3)c3ccccc3)cc2s1. The van der Waals surface area contributed by atoms with Crippen molar-refractivity contribution < 1.29 is 14.3 Å². The summed E-state index contributed by atoms with van der Waals surface area (Å²) in [5.74, 6) is -0.610. The Balaban J connectivity index is 1.01. The summed E-state index contributed by atoms with van der Waals surface area (Å²) >= 11 is 1.36. The number of hydrogen-bond donors (Lipinski definition) is 2. The summed E-state index contributed by atoms with van der Waals surface area (Å²) in [6, 6.07) is 66.0. The van der Waals surface area contributed by atoms with E-state index in [1.807, 2.05) is 60.7 Å². The highest BCUT2D eigenvalue weighted by Gasteiger charge is 2.44. The van der Waals surface area contributed by atoms with E-state index in [0.717, 1.165) is 44.4 Å². The number of nitrogens with one attached hydrogen (secondary N) is 2. The third-order valence-corrected chi connectivity index (χ3v) is 18.6. The molecule has 8 aromatic rings. The number of benzene rings is 7. The van der Waals surface area contributed by atoms with Crippen molar-refractivity contribution in [1.82, 2.24) is 10.3 Å². The minimum absolute atomic E-state index is 0.184. The van der Waals surface area contributed by atoms with Crippen molar-refractivity contribution in [1.29, 1.82) is 5.26 Å². The highest BCUT2D eigenvalue weighted by atomic mass is 32.1. The van der Waals surface area contributed by atoms with Crippen LogP contribution in [0.3, 0.4) is 0 Å². The predicted molar refractivity (Wildman–Crippen MR) is 260 cm³/mol. The molecule has 1 amide bonds. The molecule has 1 aromatic heterocycles. The molecule has 0 bridgehead atoms. The number of anilines is 1. The fraction of sp³-hybridized carbons (Fsp3) is 0.115. The largest absolute Gasteiger partial charge is 0.462 e. The minimum Gasteiger partial charge on any atom is -0.462 e.